The number of hydrogen-bond acceptors (Lipinski definition) is 6. The molecule has 134 valence electrons. The number of carboxylic acids is 1. The molecule has 0 bridgehead atoms. The summed E-state index contributed by atoms with van der Waals surface area (Å²) in [6, 6.07) is 11.2. The Morgan fingerprint density at radius 3 is 2.27 bits per heavy atom. The number of carboxylic acid groups (broad SMARTS) is 1. The summed E-state index contributed by atoms with van der Waals surface area (Å²) in [5.41, 5.74) is -0.0902. The molecule has 0 aliphatic heterocycles. The molecule has 0 unspecified atom stereocenters. The van der Waals surface area contributed by atoms with Crippen molar-refractivity contribution in [3.8, 4) is 6.07 Å². The van der Waals surface area contributed by atoms with Crippen LogP contribution in [0, 0.1) is 11.3 Å². The summed E-state index contributed by atoms with van der Waals surface area (Å²) in [5.74, 6) is -1.26. The third-order valence-corrected chi connectivity index (χ3v) is 5.95. The number of nitrogens with one attached hydrogen (secondary N) is 1. The maximum Gasteiger partial charge on any atom is 0.335 e. The van der Waals surface area contributed by atoms with E-state index in [4.69, 9.17) is 10.4 Å². The Labute approximate surface area is 150 Å². The van der Waals surface area contributed by atoms with E-state index in [-0.39, 0.29) is 21.0 Å². The zero-order valence-corrected chi connectivity index (χ0v) is 14.7. The minimum atomic E-state index is -4.05. The molecule has 0 heterocycles. The average Bonchev–Trinajstić information content (AvgIpc) is 2.60. The highest BCUT2D eigenvalue weighted by Crippen LogP contribution is 2.20. The number of nitriles is 1. The fraction of sp³-hybridized carbons (Fsp3) is 0. The number of sulfonamides is 1. The highest BCUT2D eigenvalue weighted by atomic mass is 32.2. The number of allylic oxidation sites excluding steroid dienone is 1. The van der Waals surface area contributed by atoms with Crippen molar-refractivity contribution in [2.75, 3.05) is 4.72 Å². The van der Waals surface area contributed by atoms with Crippen molar-refractivity contribution in [1.29, 1.82) is 5.26 Å². The van der Waals surface area contributed by atoms with Gasteiger partial charge in [0.05, 0.1) is 21.4 Å². The van der Waals surface area contributed by atoms with Crippen molar-refractivity contribution >= 4 is 31.5 Å². The van der Waals surface area contributed by atoms with Crippen LogP contribution in [0.4, 0.5) is 5.69 Å². The van der Waals surface area contributed by atoms with Crippen LogP contribution in [0.2, 0.25) is 0 Å². The third kappa shape index (κ3) is 4.47. The number of benzene rings is 2. The monoisotopic (exact) mass is 392 g/mol. The zero-order valence-electron chi connectivity index (χ0n) is 13.0. The molecule has 0 saturated carbocycles. The molecule has 0 aromatic heterocycles. The van der Waals surface area contributed by atoms with E-state index in [1.807, 2.05) is 0 Å². The van der Waals surface area contributed by atoms with E-state index in [0.29, 0.717) is 0 Å². The molecule has 2 aromatic rings. The Morgan fingerprint density at radius 2 is 1.69 bits per heavy atom. The lowest BCUT2D eigenvalue weighted by Gasteiger charge is -2.09. The molecule has 8 nitrogen and oxygen atoms in total. The van der Waals surface area contributed by atoms with Crippen molar-refractivity contribution in [2.45, 2.75) is 9.79 Å². The van der Waals surface area contributed by atoms with Crippen LogP contribution in [-0.2, 0) is 19.9 Å². The predicted octanol–water partition coefficient (Wildman–Crippen LogP) is 2.00. The summed E-state index contributed by atoms with van der Waals surface area (Å²) in [6.07, 6.45) is 0.821. The average molecular weight is 392 g/mol. The van der Waals surface area contributed by atoms with E-state index in [0.717, 1.165) is 17.6 Å². The van der Waals surface area contributed by atoms with E-state index in [2.05, 4.69) is 4.72 Å². The number of rotatable bonds is 6. The van der Waals surface area contributed by atoms with Gasteiger partial charge in [-0.15, -0.1) is 0 Å². The van der Waals surface area contributed by atoms with Crippen molar-refractivity contribution in [3.05, 3.63) is 65.6 Å². The Kier molecular flexibility index (Phi) is 5.44. The second-order valence-corrected chi connectivity index (χ2v) is 8.46. The first-order valence-electron chi connectivity index (χ1n) is 6.93. The Hall–Kier alpha value is -3.16. The van der Waals surface area contributed by atoms with E-state index in [1.54, 1.807) is 6.07 Å². The first-order valence-corrected chi connectivity index (χ1v) is 9.96. The molecule has 0 aliphatic carbocycles. The summed E-state index contributed by atoms with van der Waals surface area (Å²) in [7, 11) is -7.85. The molecule has 10 heteroatoms. The van der Waals surface area contributed by atoms with Gasteiger partial charge in [-0.25, -0.2) is 21.6 Å². The lowest BCUT2D eigenvalue weighted by molar-refractivity contribution is 0.0696. The van der Waals surface area contributed by atoms with Crippen molar-refractivity contribution in [1.82, 2.24) is 0 Å². The van der Waals surface area contributed by atoms with E-state index in [9.17, 15) is 21.6 Å². The SMILES string of the molecule is N#CC=CS(=O)(=O)c1ccc(NS(=O)(=O)c2cccc(C(=O)O)c2)cc1. The Balaban J connectivity index is 2.29. The normalized spacial score (nSPS) is 11.8. The summed E-state index contributed by atoms with van der Waals surface area (Å²) in [4.78, 5) is 10.6. The summed E-state index contributed by atoms with van der Waals surface area (Å²) in [6.45, 7) is 0. The molecule has 2 N–H and O–H groups in total. The van der Waals surface area contributed by atoms with Crippen LogP contribution in [-0.4, -0.2) is 27.9 Å². The molecule has 0 aliphatic rings. The van der Waals surface area contributed by atoms with Gasteiger partial charge in [0.2, 0.25) is 9.84 Å². The van der Waals surface area contributed by atoms with Crippen LogP contribution >= 0.6 is 0 Å². The molecule has 2 rings (SSSR count). The highest BCUT2D eigenvalue weighted by Gasteiger charge is 2.17. The maximum absolute atomic E-state index is 12.3. The smallest absolute Gasteiger partial charge is 0.335 e. The minimum Gasteiger partial charge on any atom is -0.478 e. The lowest BCUT2D eigenvalue weighted by Crippen LogP contribution is -2.13. The first-order chi connectivity index (χ1) is 12.2. The zero-order chi connectivity index (χ0) is 19.4. The second-order valence-electron chi connectivity index (χ2n) is 4.94. The largest absolute Gasteiger partial charge is 0.478 e. The van der Waals surface area contributed by atoms with Gasteiger partial charge in [-0.3, -0.25) is 4.72 Å². The standard InChI is InChI=1S/C16H12N2O6S2/c17-9-2-10-25(21,22)14-7-5-13(6-8-14)18-26(23,24)15-4-1-3-12(11-15)16(19)20/h1-8,10-11,18H,(H,19,20). The van der Waals surface area contributed by atoms with Gasteiger partial charge in [-0.05, 0) is 42.5 Å². The number of hydrogen-bond donors (Lipinski definition) is 2. The molecule has 26 heavy (non-hydrogen) atoms. The summed E-state index contributed by atoms with van der Waals surface area (Å²) < 4.78 is 50.7. The molecular formula is C16H12N2O6S2. The van der Waals surface area contributed by atoms with E-state index >= 15 is 0 Å². The second kappa shape index (κ2) is 7.38. The molecule has 0 radical (unpaired) electrons. The predicted molar refractivity (Wildman–Crippen MR) is 92.6 cm³/mol. The van der Waals surface area contributed by atoms with Crippen molar-refractivity contribution in [2.24, 2.45) is 0 Å². The number of nitrogens with zero attached hydrogens (tertiary/aromatic N) is 1. The van der Waals surface area contributed by atoms with Gasteiger partial charge >= 0.3 is 5.97 Å². The number of sulfone groups is 1. The fourth-order valence-electron chi connectivity index (χ4n) is 1.92. The van der Waals surface area contributed by atoms with Crippen LogP contribution in [0.1, 0.15) is 10.4 Å². The number of aromatic carboxylic acids is 1. The van der Waals surface area contributed by atoms with Crippen LogP contribution in [0.5, 0.6) is 0 Å². The van der Waals surface area contributed by atoms with Gasteiger partial charge in [0.15, 0.2) is 0 Å². The molecule has 0 atom stereocenters. The fourth-order valence-corrected chi connectivity index (χ4v) is 3.94. The maximum atomic E-state index is 12.3. The minimum absolute atomic E-state index is 0.0916. The van der Waals surface area contributed by atoms with Crippen LogP contribution in [0.25, 0.3) is 0 Å². The van der Waals surface area contributed by atoms with Gasteiger partial charge < -0.3 is 5.11 Å². The Morgan fingerprint density at radius 1 is 1.04 bits per heavy atom. The topological polar surface area (TPSA) is 141 Å². The van der Waals surface area contributed by atoms with Gasteiger partial charge in [-0.2, -0.15) is 5.26 Å². The van der Waals surface area contributed by atoms with Crippen LogP contribution < -0.4 is 4.72 Å². The summed E-state index contributed by atoms with van der Waals surface area (Å²) >= 11 is 0. The molecule has 0 fully saturated rings. The highest BCUT2D eigenvalue weighted by molar-refractivity contribution is 7.94. The van der Waals surface area contributed by atoms with Crippen molar-refractivity contribution in [3.63, 3.8) is 0 Å². The summed E-state index contributed by atoms with van der Waals surface area (Å²) in [5, 5.41) is 18.1. The molecule has 0 saturated heterocycles. The van der Waals surface area contributed by atoms with Gasteiger partial charge in [-0.1, -0.05) is 6.07 Å². The van der Waals surface area contributed by atoms with Crippen molar-refractivity contribution < 1.29 is 26.7 Å². The molecule has 2 aromatic carbocycles. The van der Waals surface area contributed by atoms with E-state index < -0.39 is 25.8 Å². The quantitative estimate of drug-likeness (QED) is 0.716. The lowest BCUT2D eigenvalue weighted by atomic mass is 10.2. The number of carbonyl (C=O) groups is 1. The van der Waals surface area contributed by atoms with Gasteiger partial charge in [0, 0.05) is 17.2 Å². The van der Waals surface area contributed by atoms with Crippen LogP contribution in [0.15, 0.2) is 69.8 Å². The molecule has 0 spiro atoms. The first kappa shape index (κ1) is 19.2. The van der Waals surface area contributed by atoms with Crippen LogP contribution in [0.3, 0.4) is 0 Å². The van der Waals surface area contributed by atoms with Gasteiger partial charge in [0.25, 0.3) is 10.0 Å². The molecule has 0 amide bonds. The number of anilines is 1. The Bertz CT molecular complexity index is 1110. The van der Waals surface area contributed by atoms with E-state index in [1.165, 1.54) is 42.5 Å². The van der Waals surface area contributed by atoms with Gasteiger partial charge in [0.1, 0.15) is 0 Å². The third-order valence-electron chi connectivity index (χ3n) is 3.15. The molecular weight excluding hydrogens is 380 g/mol.